The zero-order chi connectivity index (χ0) is 25.0. The third kappa shape index (κ3) is 6.28. The molecule has 0 saturated carbocycles. The van der Waals surface area contributed by atoms with Crippen LogP contribution in [0.25, 0.3) is 11.4 Å². The number of urea groups is 1. The summed E-state index contributed by atoms with van der Waals surface area (Å²) in [6, 6.07) is 7.31. The van der Waals surface area contributed by atoms with Gasteiger partial charge in [-0.2, -0.15) is 0 Å². The van der Waals surface area contributed by atoms with Crippen LogP contribution in [0.1, 0.15) is 56.6 Å². The SMILES string of the molecule is CC1COCCN1c1nc(-c2ccc(NC(=O)NCCCC(C)(C)C)cc2)nc2c1CCNC2=O. The first-order chi connectivity index (χ1) is 16.7. The highest BCUT2D eigenvalue weighted by atomic mass is 16.5. The van der Waals surface area contributed by atoms with Gasteiger partial charge in [0.05, 0.1) is 19.3 Å². The van der Waals surface area contributed by atoms with Crippen molar-refractivity contribution in [2.24, 2.45) is 5.41 Å². The Kier molecular flexibility index (Phi) is 7.54. The molecule has 35 heavy (non-hydrogen) atoms. The summed E-state index contributed by atoms with van der Waals surface area (Å²) >= 11 is 0. The van der Waals surface area contributed by atoms with Gasteiger partial charge in [0.1, 0.15) is 11.5 Å². The average Bonchev–Trinajstić information content (AvgIpc) is 2.82. The third-order valence-corrected chi connectivity index (χ3v) is 6.29. The number of ether oxygens (including phenoxy) is 1. The van der Waals surface area contributed by atoms with Crippen LogP contribution in [0.15, 0.2) is 24.3 Å². The predicted octanol–water partition coefficient (Wildman–Crippen LogP) is 3.60. The lowest BCUT2D eigenvalue weighted by Gasteiger charge is -2.36. The van der Waals surface area contributed by atoms with Crippen molar-refractivity contribution in [2.45, 2.75) is 53.0 Å². The van der Waals surface area contributed by atoms with Gasteiger partial charge in [-0.05, 0) is 55.9 Å². The minimum atomic E-state index is -0.225. The molecule has 4 rings (SSSR count). The molecule has 0 aliphatic carbocycles. The van der Waals surface area contributed by atoms with Crippen LogP contribution in [0, 0.1) is 5.41 Å². The number of nitrogens with one attached hydrogen (secondary N) is 3. The maximum atomic E-state index is 12.6. The number of morpholine rings is 1. The standard InChI is InChI=1S/C26H36N6O3/c1-17-16-35-15-14-32(17)23-20-10-13-27-24(33)21(20)30-22(31-23)18-6-8-19(9-7-18)29-25(34)28-12-5-11-26(2,3)4/h6-9,17H,5,10-16H2,1-4H3,(H,27,33)(H2,28,29,34). The molecule has 3 N–H and O–H groups in total. The Morgan fingerprint density at radius 3 is 2.71 bits per heavy atom. The number of hydrogen-bond acceptors (Lipinski definition) is 6. The third-order valence-electron chi connectivity index (χ3n) is 6.29. The molecule has 1 aromatic carbocycles. The van der Waals surface area contributed by atoms with Crippen LogP contribution in [0.5, 0.6) is 0 Å². The van der Waals surface area contributed by atoms with Crippen molar-refractivity contribution < 1.29 is 14.3 Å². The lowest BCUT2D eigenvalue weighted by molar-refractivity contribution is 0.0938. The van der Waals surface area contributed by atoms with E-state index in [9.17, 15) is 9.59 Å². The summed E-state index contributed by atoms with van der Waals surface area (Å²) in [6.45, 7) is 11.9. The molecule has 2 aliphatic rings. The van der Waals surface area contributed by atoms with Gasteiger partial charge in [-0.3, -0.25) is 4.79 Å². The van der Waals surface area contributed by atoms with E-state index < -0.39 is 0 Å². The van der Waals surface area contributed by atoms with E-state index >= 15 is 0 Å². The van der Waals surface area contributed by atoms with E-state index in [1.807, 2.05) is 24.3 Å². The number of carbonyl (C=O) groups excluding carboxylic acids is 2. The Hall–Kier alpha value is -3.20. The van der Waals surface area contributed by atoms with Crippen LogP contribution in [0.3, 0.4) is 0 Å². The molecule has 0 radical (unpaired) electrons. The van der Waals surface area contributed by atoms with E-state index in [0.717, 1.165) is 36.3 Å². The normalized spacial score (nSPS) is 18.0. The van der Waals surface area contributed by atoms with Crippen LogP contribution >= 0.6 is 0 Å². The maximum absolute atomic E-state index is 12.6. The molecule has 1 unspecified atom stereocenters. The number of aromatic nitrogens is 2. The molecule has 3 amide bonds. The fraction of sp³-hybridized carbons (Fsp3) is 0.538. The van der Waals surface area contributed by atoms with Gasteiger partial charge in [0.15, 0.2) is 5.82 Å². The molecule has 1 atom stereocenters. The highest BCUT2D eigenvalue weighted by Crippen LogP contribution is 2.30. The van der Waals surface area contributed by atoms with Gasteiger partial charge in [0, 0.05) is 36.4 Å². The molecule has 2 aliphatic heterocycles. The number of hydrogen-bond donors (Lipinski definition) is 3. The fourth-order valence-electron chi connectivity index (χ4n) is 4.38. The summed E-state index contributed by atoms with van der Waals surface area (Å²) in [6.07, 6.45) is 2.68. The van der Waals surface area contributed by atoms with Crippen molar-refractivity contribution in [3.05, 3.63) is 35.5 Å². The highest BCUT2D eigenvalue weighted by Gasteiger charge is 2.29. The van der Waals surface area contributed by atoms with Crippen LogP contribution in [-0.2, 0) is 11.2 Å². The summed E-state index contributed by atoms with van der Waals surface area (Å²) in [5.74, 6) is 1.14. The van der Waals surface area contributed by atoms with E-state index in [-0.39, 0.29) is 23.4 Å². The number of nitrogens with zero attached hydrogens (tertiary/aromatic N) is 3. The summed E-state index contributed by atoms with van der Waals surface area (Å²) in [5, 5.41) is 8.66. The van der Waals surface area contributed by atoms with Gasteiger partial charge in [0.2, 0.25) is 0 Å². The Labute approximate surface area is 207 Å². The summed E-state index contributed by atoms with van der Waals surface area (Å²) in [7, 11) is 0. The van der Waals surface area contributed by atoms with Crippen molar-refractivity contribution in [1.82, 2.24) is 20.6 Å². The average molecular weight is 481 g/mol. The molecule has 1 aromatic heterocycles. The molecule has 9 heteroatoms. The van der Waals surface area contributed by atoms with Crippen molar-refractivity contribution in [3.63, 3.8) is 0 Å². The van der Waals surface area contributed by atoms with Crippen molar-refractivity contribution >= 4 is 23.4 Å². The molecule has 3 heterocycles. The minimum absolute atomic E-state index is 0.161. The number of fused-ring (bicyclic) bond motifs is 1. The Bertz CT molecular complexity index is 1060. The molecule has 1 saturated heterocycles. The molecule has 9 nitrogen and oxygen atoms in total. The van der Waals surface area contributed by atoms with E-state index in [2.05, 4.69) is 53.5 Å². The highest BCUT2D eigenvalue weighted by molar-refractivity contribution is 5.96. The van der Waals surface area contributed by atoms with Gasteiger partial charge >= 0.3 is 6.03 Å². The minimum Gasteiger partial charge on any atom is -0.377 e. The maximum Gasteiger partial charge on any atom is 0.319 e. The van der Waals surface area contributed by atoms with Gasteiger partial charge in [-0.25, -0.2) is 14.8 Å². The smallest absolute Gasteiger partial charge is 0.319 e. The summed E-state index contributed by atoms with van der Waals surface area (Å²) < 4.78 is 5.60. The first-order valence-corrected chi connectivity index (χ1v) is 12.4. The first-order valence-electron chi connectivity index (χ1n) is 12.4. The monoisotopic (exact) mass is 480 g/mol. The predicted molar refractivity (Wildman–Crippen MR) is 137 cm³/mol. The number of amides is 3. The van der Waals surface area contributed by atoms with Gasteiger partial charge in [-0.15, -0.1) is 0 Å². The molecular weight excluding hydrogens is 444 g/mol. The molecule has 1 fully saturated rings. The largest absolute Gasteiger partial charge is 0.377 e. The lowest BCUT2D eigenvalue weighted by Crippen LogP contribution is -2.45. The van der Waals surface area contributed by atoms with Gasteiger partial charge in [-0.1, -0.05) is 20.8 Å². The summed E-state index contributed by atoms with van der Waals surface area (Å²) in [4.78, 5) is 36.6. The molecule has 0 bridgehead atoms. The van der Waals surface area contributed by atoms with Crippen molar-refractivity contribution in [2.75, 3.05) is 43.1 Å². The number of anilines is 2. The topological polar surface area (TPSA) is 108 Å². The van der Waals surface area contributed by atoms with Crippen LogP contribution < -0.4 is 20.9 Å². The first kappa shape index (κ1) is 24.9. The molecule has 2 aromatic rings. The second kappa shape index (κ2) is 10.6. The molecular formula is C26H36N6O3. The quantitative estimate of drug-likeness (QED) is 0.545. The van der Waals surface area contributed by atoms with Gasteiger partial charge < -0.3 is 25.6 Å². The van der Waals surface area contributed by atoms with Crippen LogP contribution in [-0.4, -0.2) is 60.8 Å². The number of rotatable bonds is 6. The second-order valence-corrected chi connectivity index (χ2v) is 10.4. The molecule has 188 valence electrons. The van der Waals surface area contributed by atoms with E-state index in [1.54, 1.807) is 0 Å². The Morgan fingerprint density at radius 1 is 1.23 bits per heavy atom. The van der Waals surface area contributed by atoms with E-state index in [0.29, 0.717) is 49.9 Å². The van der Waals surface area contributed by atoms with E-state index in [1.165, 1.54) is 0 Å². The zero-order valence-electron chi connectivity index (χ0n) is 21.1. The van der Waals surface area contributed by atoms with Gasteiger partial charge in [0.25, 0.3) is 5.91 Å². The van der Waals surface area contributed by atoms with Crippen molar-refractivity contribution in [3.8, 4) is 11.4 Å². The van der Waals surface area contributed by atoms with Crippen LogP contribution in [0.2, 0.25) is 0 Å². The van der Waals surface area contributed by atoms with Crippen molar-refractivity contribution in [1.29, 1.82) is 0 Å². The Morgan fingerprint density at radius 2 is 2.00 bits per heavy atom. The number of carbonyl (C=O) groups is 2. The zero-order valence-corrected chi connectivity index (χ0v) is 21.1. The lowest BCUT2D eigenvalue weighted by atomic mass is 9.91. The second-order valence-electron chi connectivity index (χ2n) is 10.4. The molecule has 0 spiro atoms. The summed E-state index contributed by atoms with van der Waals surface area (Å²) in [5.41, 5.74) is 3.05. The van der Waals surface area contributed by atoms with E-state index in [4.69, 9.17) is 9.72 Å². The fourth-order valence-corrected chi connectivity index (χ4v) is 4.38. The van der Waals surface area contributed by atoms with Crippen LogP contribution in [0.4, 0.5) is 16.3 Å². The number of benzene rings is 1. The Balaban J connectivity index is 1.50.